The molecule has 0 aromatic heterocycles. The van der Waals surface area contributed by atoms with Gasteiger partial charge < -0.3 is 4.90 Å². The molecule has 46 heavy (non-hydrogen) atoms. The molecular weight excluding hydrogens is 601 g/mol. The Bertz CT molecular complexity index is 1870. The Morgan fingerprint density at radius 1 is 0.478 bits per heavy atom. The first-order chi connectivity index (χ1) is 22.5. The van der Waals surface area contributed by atoms with E-state index in [1.807, 2.05) is 36.4 Å². The molecule has 6 aromatic rings. The lowest BCUT2D eigenvalue weighted by molar-refractivity contribution is 1.27. The Kier molecular flexibility index (Phi) is 9.95. The molecule has 0 aliphatic rings. The average Bonchev–Trinajstić information content (AvgIpc) is 3.10. The number of allylic oxidation sites excluding steroid dienone is 2. The Morgan fingerprint density at radius 2 is 0.913 bits per heavy atom. The third kappa shape index (κ3) is 7.76. The van der Waals surface area contributed by atoms with Gasteiger partial charge in [0.1, 0.15) is 0 Å². The summed E-state index contributed by atoms with van der Waals surface area (Å²) in [6.07, 6.45) is 8.65. The van der Waals surface area contributed by atoms with Crippen molar-refractivity contribution >= 4 is 51.8 Å². The van der Waals surface area contributed by atoms with Gasteiger partial charge in [0.2, 0.25) is 0 Å². The predicted octanol–water partition coefficient (Wildman–Crippen LogP) is 12.7. The lowest BCUT2D eigenvalue weighted by atomic mass is 9.97. The maximum Gasteiger partial charge on any atom is 0.0456 e. The summed E-state index contributed by atoms with van der Waals surface area (Å²) in [4.78, 5) is 2.23. The lowest BCUT2D eigenvalue weighted by Crippen LogP contribution is -2.10. The number of rotatable bonds is 9. The van der Waals surface area contributed by atoms with Gasteiger partial charge in [-0.15, -0.1) is 0 Å². The highest BCUT2D eigenvalue weighted by Gasteiger charge is 2.13. The second-order valence-corrected chi connectivity index (χ2v) is 11.9. The minimum Gasteiger partial charge on any atom is -0.317 e. The van der Waals surface area contributed by atoms with Crippen molar-refractivity contribution in [2.24, 2.45) is 0 Å². The zero-order chi connectivity index (χ0) is 31.7. The molecule has 224 valence electrons. The molecule has 6 rings (SSSR count). The van der Waals surface area contributed by atoms with Gasteiger partial charge in [0.15, 0.2) is 0 Å². The highest BCUT2D eigenvalue weighted by molar-refractivity contribution is 6.31. The fourth-order valence-corrected chi connectivity index (χ4v) is 5.56. The van der Waals surface area contributed by atoms with Gasteiger partial charge in [-0.3, -0.25) is 0 Å². The quantitative estimate of drug-likeness (QED) is 0.143. The Hall–Kier alpha value is -5.08. The van der Waals surface area contributed by atoms with Crippen LogP contribution in [0.4, 0.5) is 11.4 Å². The van der Waals surface area contributed by atoms with Crippen molar-refractivity contribution in [3.63, 3.8) is 0 Å². The van der Waals surface area contributed by atoms with Gasteiger partial charge in [-0.2, -0.15) is 0 Å². The molecule has 0 N–H and O–H groups in total. The fraction of sp³-hybridized carbons (Fsp3) is 0.0233. The van der Waals surface area contributed by atoms with Crippen LogP contribution in [0.25, 0.3) is 17.2 Å². The molecule has 0 saturated heterocycles. The molecule has 0 aliphatic heterocycles. The second kappa shape index (κ2) is 14.8. The third-order valence-electron chi connectivity index (χ3n) is 7.77. The van der Waals surface area contributed by atoms with Gasteiger partial charge >= 0.3 is 0 Å². The summed E-state index contributed by atoms with van der Waals surface area (Å²) in [5.41, 5.74) is 11.2. The molecule has 0 bridgehead atoms. The van der Waals surface area contributed by atoms with E-state index in [9.17, 15) is 0 Å². The zero-order valence-electron chi connectivity index (χ0n) is 25.5. The van der Waals surface area contributed by atoms with Crippen LogP contribution >= 0.6 is 23.2 Å². The number of hydrogen-bond donors (Lipinski definition) is 0. The van der Waals surface area contributed by atoms with E-state index in [4.69, 9.17) is 23.2 Å². The van der Waals surface area contributed by atoms with Crippen molar-refractivity contribution in [2.75, 3.05) is 4.90 Å². The molecule has 0 amide bonds. The summed E-state index contributed by atoms with van der Waals surface area (Å²) in [7, 11) is 0. The van der Waals surface area contributed by atoms with Crippen molar-refractivity contribution in [3.8, 4) is 0 Å². The van der Waals surface area contributed by atoms with E-state index in [-0.39, 0.29) is 0 Å². The minimum absolute atomic E-state index is 0.702. The number of nitrogens with zero attached hydrogens (tertiary/aromatic N) is 1. The topological polar surface area (TPSA) is 3.24 Å². The molecule has 6 aromatic carbocycles. The van der Waals surface area contributed by atoms with Crippen molar-refractivity contribution < 1.29 is 0 Å². The van der Waals surface area contributed by atoms with Crippen LogP contribution in [-0.2, 0) is 0 Å². The average molecular weight is 635 g/mol. The molecule has 3 heteroatoms. The molecular formula is C43H33Cl2N. The standard InChI is InChI=1S/C43H33Cl2N/c1-32-15-27-40(28-16-32)46(31-43(36-19-23-38(44)24-20-36)37-21-25-39(45)26-22-37)41-29-17-33(18-30-41)9-8-14-42(34-10-4-2-5-11-34)35-12-6-3-7-13-35/h2-31H,1H3/b9-8+. The Labute approximate surface area is 282 Å². The first-order valence-corrected chi connectivity index (χ1v) is 16.0. The zero-order valence-corrected chi connectivity index (χ0v) is 27.0. The SMILES string of the molecule is Cc1ccc(N(C=C(c2ccc(Cl)cc2)c2ccc(Cl)cc2)c2ccc(/C=C/C=C(c3ccccc3)c3ccccc3)cc2)cc1. The highest BCUT2D eigenvalue weighted by Crippen LogP contribution is 2.33. The van der Waals surface area contributed by atoms with E-state index < -0.39 is 0 Å². The maximum atomic E-state index is 6.27. The molecule has 0 aliphatic carbocycles. The summed E-state index contributed by atoms with van der Waals surface area (Å²) in [6.45, 7) is 2.10. The first-order valence-electron chi connectivity index (χ1n) is 15.2. The van der Waals surface area contributed by atoms with Crippen LogP contribution in [0.2, 0.25) is 10.0 Å². The smallest absolute Gasteiger partial charge is 0.0456 e. The number of aryl methyl sites for hydroxylation is 1. The van der Waals surface area contributed by atoms with Crippen LogP contribution in [0.1, 0.15) is 33.4 Å². The molecule has 1 nitrogen and oxygen atoms in total. The second-order valence-electron chi connectivity index (χ2n) is 11.0. The number of hydrogen-bond acceptors (Lipinski definition) is 1. The summed E-state index contributed by atoms with van der Waals surface area (Å²) < 4.78 is 0. The molecule has 0 spiro atoms. The van der Waals surface area contributed by atoms with Crippen LogP contribution in [0.15, 0.2) is 176 Å². The molecule has 0 fully saturated rings. The van der Waals surface area contributed by atoms with Gasteiger partial charge in [-0.05, 0) is 88.8 Å². The van der Waals surface area contributed by atoms with Crippen molar-refractivity contribution in [1.29, 1.82) is 0 Å². The molecule has 0 heterocycles. The summed E-state index contributed by atoms with van der Waals surface area (Å²) in [5.74, 6) is 0. The van der Waals surface area contributed by atoms with Gasteiger partial charge in [-0.1, -0.05) is 156 Å². The van der Waals surface area contributed by atoms with E-state index in [1.54, 1.807) is 0 Å². The first kappa shape index (κ1) is 30.9. The largest absolute Gasteiger partial charge is 0.317 e. The van der Waals surface area contributed by atoms with Crippen LogP contribution in [0.3, 0.4) is 0 Å². The van der Waals surface area contributed by atoms with E-state index in [0.29, 0.717) is 10.0 Å². The highest BCUT2D eigenvalue weighted by atomic mass is 35.5. The normalized spacial score (nSPS) is 10.8. The minimum atomic E-state index is 0.702. The summed E-state index contributed by atoms with van der Waals surface area (Å²) in [6, 6.07) is 54.1. The van der Waals surface area contributed by atoms with E-state index in [0.717, 1.165) is 33.6 Å². The number of halogens is 2. The van der Waals surface area contributed by atoms with E-state index in [2.05, 4.69) is 158 Å². The monoisotopic (exact) mass is 633 g/mol. The predicted molar refractivity (Wildman–Crippen MR) is 199 cm³/mol. The van der Waals surface area contributed by atoms with Crippen LogP contribution in [-0.4, -0.2) is 0 Å². The third-order valence-corrected chi connectivity index (χ3v) is 8.28. The van der Waals surface area contributed by atoms with Crippen LogP contribution < -0.4 is 4.90 Å². The molecule has 0 unspecified atom stereocenters. The fourth-order valence-electron chi connectivity index (χ4n) is 5.30. The van der Waals surface area contributed by atoms with E-state index in [1.165, 1.54) is 22.3 Å². The van der Waals surface area contributed by atoms with Crippen LogP contribution in [0.5, 0.6) is 0 Å². The van der Waals surface area contributed by atoms with Gasteiger partial charge in [0.05, 0.1) is 0 Å². The molecule has 0 radical (unpaired) electrons. The van der Waals surface area contributed by atoms with E-state index >= 15 is 0 Å². The maximum absolute atomic E-state index is 6.27. The Morgan fingerprint density at radius 3 is 1.39 bits per heavy atom. The molecule has 0 saturated carbocycles. The molecule has 0 atom stereocenters. The Balaban J connectivity index is 1.37. The van der Waals surface area contributed by atoms with Crippen molar-refractivity contribution in [3.05, 3.63) is 220 Å². The summed E-state index contributed by atoms with van der Waals surface area (Å²) in [5, 5.41) is 1.40. The number of anilines is 2. The van der Waals surface area contributed by atoms with Crippen molar-refractivity contribution in [1.82, 2.24) is 0 Å². The van der Waals surface area contributed by atoms with Gasteiger partial charge in [0.25, 0.3) is 0 Å². The lowest BCUT2D eigenvalue weighted by Gasteiger charge is -2.24. The van der Waals surface area contributed by atoms with Gasteiger partial charge in [-0.25, -0.2) is 0 Å². The number of benzene rings is 6. The summed E-state index contributed by atoms with van der Waals surface area (Å²) >= 11 is 12.5. The van der Waals surface area contributed by atoms with Crippen molar-refractivity contribution in [2.45, 2.75) is 6.92 Å². The van der Waals surface area contributed by atoms with Gasteiger partial charge in [0, 0.05) is 33.2 Å². The van der Waals surface area contributed by atoms with Crippen LogP contribution in [0, 0.1) is 6.92 Å².